The Labute approximate surface area is 244 Å². The average Bonchev–Trinajstić information content (AvgIpc) is 2.90. The number of rotatable bonds is 9. The van der Waals surface area contributed by atoms with Crippen molar-refractivity contribution in [3.05, 3.63) is 92.9 Å². The lowest BCUT2D eigenvalue weighted by molar-refractivity contribution is -0.139. The van der Waals surface area contributed by atoms with Gasteiger partial charge in [-0.15, -0.1) is 0 Å². The summed E-state index contributed by atoms with van der Waals surface area (Å²) in [6.45, 7) is 0.192. The van der Waals surface area contributed by atoms with Crippen LogP contribution in [-0.2, 0) is 32.3 Å². The standard InChI is InChI=1S/C26H23Cl3F3N3O4S/c1-16(25(37)33-2)34(14-17-8-10-19(27)13-22(17)29)24(36)15-35(40(38,39)20-6-4-3-5-7-20)23-12-18(26(30,31)32)9-11-21(23)28/h3-13,16H,14-15H2,1-2H3,(H,33,37)/t16-/m1/s1. The van der Waals surface area contributed by atoms with Crippen molar-refractivity contribution in [2.75, 3.05) is 17.9 Å². The number of halogens is 6. The van der Waals surface area contributed by atoms with Crippen LogP contribution in [0.2, 0.25) is 15.1 Å². The van der Waals surface area contributed by atoms with Gasteiger partial charge in [-0.3, -0.25) is 13.9 Å². The predicted molar refractivity (Wildman–Crippen MR) is 148 cm³/mol. The first-order valence-electron chi connectivity index (χ1n) is 11.6. The lowest BCUT2D eigenvalue weighted by Gasteiger charge is -2.32. The van der Waals surface area contributed by atoms with Crippen LogP contribution in [0.15, 0.2) is 71.6 Å². The Balaban J connectivity index is 2.14. The van der Waals surface area contributed by atoms with Crippen molar-refractivity contribution < 1.29 is 31.2 Å². The lowest BCUT2D eigenvalue weighted by Crippen LogP contribution is -2.50. The fraction of sp³-hybridized carbons (Fsp3) is 0.231. The number of carbonyl (C=O) groups excluding carboxylic acids is 2. The van der Waals surface area contributed by atoms with E-state index in [1.54, 1.807) is 6.07 Å². The minimum atomic E-state index is -4.82. The summed E-state index contributed by atoms with van der Waals surface area (Å²) in [4.78, 5) is 27.1. The van der Waals surface area contributed by atoms with Crippen molar-refractivity contribution in [2.24, 2.45) is 0 Å². The summed E-state index contributed by atoms with van der Waals surface area (Å²) in [7, 11) is -3.26. The molecule has 0 radical (unpaired) electrons. The maximum atomic E-state index is 13.7. The molecule has 0 fully saturated rings. The third kappa shape index (κ3) is 7.20. The Morgan fingerprint density at radius 1 is 0.950 bits per heavy atom. The van der Waals surface area contributed by atoms with Crippen molar-refractivity contribution in [3.8, 4) is 0 Å². The molecule has 3 aromatic rings. The number of carbonyl (C=O) groups is 2. The number of hydrogen-bond acceptors (Lipinski definition) is 4. The largest absolute Gasteiger partial charge is 0.416 e. The van der Waals surface area contributed by atoms with Gasteiger partial charge in [0.2, 0.25) is 11.8 Å². The van der Waals surface area contributed by atoms with Gasteiger partial charge in [-0.1, -0.05) is 59.1 Å². The minimum absolute atomic E-state index is 0.184. The van der Waals surface area contributed by atoms with Gasteiger partial charge in [0, 0.05) is 23.6 Å². The number of nitrogens with zero attached hydrogens (tertiary/aromatic N) is 2. The summed E-state index contributed by atoms with van der Waals surface area (Å²) < 4.78 is 68.6. The normalized spacial score (nSPS) is 12.5. The maximum Gasteiger partial charge on any atom is 0.416 e. The molecule has 214 valence electrons. The highest BCUT2D eigenvalue weighted by molar-refractivity contribution is 7.92. The number of likely N-dealkylation sites (N-methyl/N-ethyl adjacent to an activating group) is 1. The highest BCUT2D eigenvalue weighted by Gasteiger charge is 2.36. The first-order valence-corrected chi connectivity index (χ1v) is 14.1. The van der Waals surface area contributed by atoms with Gasteiger partial charge in [0.1, 0.15) is 12.6 Å². The summed E-state index contributed by atoms with van der Waals surface area (Å²) in [5.41, 5.74) is -1.34. The van der Waals surface area contributed by atoms with E-state index in [0.717, 1.165) is 11.0 Å². The molecule has 40 heavy (non-hydrogen) atoms. The highest BCUT2D eigenvalue weighted by atomic mass is 35.5. The van der Waals surface area contributed by atoms with Crippen molar-refractivity contribution >= 4 is 62.3 Å². The van der Waals surface area contributed by atoms with Crippen molar-refractivity contribution in [1.82, 2.24) is 10.2 Å². The van der Waals surface area contributed by atoms with Crippen LogP contribution in [-0.4, -0.2) is 44.8 Å². The molecule has 2 amide bonds. The Morgan fingerprint density at radius 2 is 1.60 bits per heavy atom. The molecule has 3 aromatic carbocycles. The van der Waals surface area contributed by atoms with Gasteiger partial charge in [-0.2, -0.15) is 13.2 Å². The molecule has 0 heterocycles. The van der Waals surface area contributed by atoms with Crippen molar-refractivity contribution in [1.29, 1.82) is 0 Å². The Kier molecular flexibility index (Phi) is 9.99. The quantitative estimate of drug-likeness (QED) is 0.311. The van der Waals surface area contributed by atoms with Crippen LogP contribution in [0.1, 0.15) is 18.1 Å². The number of alkyl halides is 3. The van der Waals surface area contributed by atoms with Gasteiger partial charge in [-0.05, 0) is 55.0 Å². The van der Waals surface area contributed by atoms with Crippen LogP contribution in [0.25, 0.3) is 0 Å². The van der Waals surface area contributed by atoms with Gasteiger partial charge in [0.15, 0.2) is 0 Å². The fourth-order valence-electron chi connectivity index (χ4n) is 3.74. The summed E-state index contributed by atoms with van der Waals surface area (Å²) in [6, 6.07) is 12.4. The second kappa shape index (κ2) is 12.7. The minimum Gasteiger partial charge on any atom is -0.357 e. The maximum absolute atomic E-state index is 13.7. The molecule has 7 nitrogen and oxygen atoms in total. The smallest absolute Gasteiger partial charge is 0.357 e. The topological polar surface area (TPSA) is 86.8 Å². The van der Waals surface area contributed by atoms with Gasteiger partial charge < -0.3 is 10.2 Å². The van der Waals surface area contributed by atoms with Gasteiger partial charge in [-0.25, -0.2) is 8.42 Å². The summed E-state index contributed by atoms with van der Waals surface area (Å²) in [5.74, 6) is -1.48. The summed E-state index contributed by atoms with van der Waals surface area (Å²) in [6.07, 6.45) is -4.82. The molecule has 0 aliphatic rings. The second-order valence-electron chi connectivity index (χ2n) is 8.54. The van der Waals surface area contributed by atoms with E-state index in [9.17, 15) is 31.2 Å². The van der Waals surface area contributed by atoms with E-state index in [2.05, 4.69) is 5.32 Å². The van der Waals surface area contributed by atoms with Crippen molar-refractivity contribution in [2.45, 2.75) is 30.6 Å². The number of benzene rings is 3. The molecule has 3 rings (SSSR count). The Morgan fingerprint density at radius 3 is 2.17 bits per heavy atom. The van der Waals surface area contributed by atoms with E-state index in [1.807, 2.05) is 0 Å². The lowest BCUT2D eigenvalue weighted by atomic mass is 10.1. The zero-order valence-electron chi connectivity index (χ0n) is 21.0. The molecule has 14 heteroatoms. The van der Waals surface area contributed by atoms with Crippen LogP contribution >= 0.6 is 34.8 Å². The Bertz CT molecular complexity index is 1510. The van der Waals surface area contributed by atoms with Crippen LogP contribution in [0.5, 0.6) is 0 Å². The van der Waals surface area contributed by atoms with E-state index in [4.69, 9.17) is 34.8 Å². The molecule has 0 saturated heterocycles. The molecule has 0 saturated carbocycles. The number of nitrogens with one attached hydrogen (secondary N) is 1. The summed E-state index contributed by atoms with van der Waals surface area (Å²) >= 11 is 18.4. The molecular weight excluding hydrogens is 614 g/mol. The first-order chi connectivity index (χ1) is 18.7. The van der Waals surface area contributed by atoms with E-state index < -0.39 is 51.9 Å². The van der Waals surface area contributed by atoms with E-state index in [-0.39, 0.29) is 21.5 Å². The van der Waals surface area contributed by atoms with Crippen LogP contribution < -0.4 is 9.62 Å². The van der Waals surface area contributed by atoms with Crippen LogP contribution in [0.3, 0.4) is 0 Å². The number of amides is 2. The van der Waals surface area contributed by atoms with Crippen LogP contribution in [0.4, 0.5) is 18.9 Å². The van der Waals surface area contributed by atoms with Gasteiger partial charge >= 0.3 is 6.18 Å². The molecule has 0 bridgehead atoms. The fourth-order valence-corrected chi connectivity index (χ4v) is 5.92. The molecule has 0 aromatic heterocycles. The predicted octanol–water partition coefficient (Wildman–Crippen LogP) is 6.02. The molecule has 0 aliphatic heterocycles. The molecule has 0 aliphatic carbocycles. The van der Waals surface area contributed by atoms with Crippen molar-refractivity contribution in [3.63, 3.8) is 0 Å². The number of anilines is 1. The monoisotopic (exact) mass is 635 g/mol. The van der Waals surface area contributed by atoms with E-state index in [1.165, 1.54) is 56.4 Å². The number of hydrogen-bond donors (Lipinski definition) is 1. The third-order valence-corrected chi connectivity index (χ3v) is 8.60. The molecule has 0 unspecified atom stereocenters. The molecule has 0 spiro atoms. The van der Waals surface area contributed by atoms with Crippen LogP contribution in [0, 0.1) is 0 Å². The molecular formula is C26H23Cl3F3N3O4S. The zero-order chi connectivity index (χ0) is 29.8. The zero-order valence-corrected chi connectivity index (χ0v) is 24.1. The first kappa shape index (κ1) is 31.5. The van der Waals surface area contributed by atoms with Gasteiger partial charge in [0.25, 0.3) is 10.0 Å². The second-order valence-corrected chi connectivity index (χ2v) is 11.6. The Hall–Kier alpha value is -2.99. The van der Waals surface area contributed by atoms with E-state index in [0.29, 0.717) is 27.0 Å². The third-order valence-electron chi connectivity index (χ3n) is 5.92. The number of sulfonamides is 1. The summed E-state index contributed by atoms with van der Waals surface area (Å²) in [5, 5.41) is 2.59. The van der Waals surface area contributed by atoms with E-state index >= 15 is 0 Å². The SMILES string of the molecule is CNC(=O)[C@@H](C)N(Cc1ccc(Cl)cc1Cl)C(=O)CN(c1cc(C(F)(F)F)ccc1Cl)S(=O)(=O)c1ccccc1. The molecule has 1 atom stereocenters. The average molecular weight is 637 g/mol. The highest BCUT2D eigenvalue weighted by Crippen LogP contribution is 2.37. The molecule has 1 N–H and O–H groups in total. The van der Waals surface area contributed by atoms with Gasteiger partial charge in [0.05, 0.1) is 21.2 Å².